The Labute approximate surface area is 110 Å². The topological polar surface area (TPSA) is 34.9 Å². The lowest BCUT2D eigenvalue weighted by Gasteiger charge is -2.21. The molecule has 0 spiro atoms. The first kappa shape index (κ1) is 11.2. The standard InChI is InChI=1S/C14H11ClN2O/c15-12-9-14(18)17-13(6-7-16-17)11(12)8-10-4-2-1-3-5-10/h1-7,9,11H,8H2. The quantitative estimate of drug-likeness (QED) is 0.830. The van der Waals surface area contributed by atoms with Crippen molar-refractivity contribution in [2.24, 2.45) is 0 Å². The molecular weight excluding hydrogens is 248 g/mol. The van der Waals surface area contributed by atoms with Gasteiger partial charge in [-0.25, -0.2) is 4.68 Å². The Hall–Kier alpha value is -1.87. The van der Waals surface area contributed by atoms with Crippen molar-refractivity contribution >= 4 is 17.5 Å². The molecule has 0 amide bonds. The van der Waals surface area contributed by atoms with Gasteiger partial charge < -0.3 is 0 Å². The molecule has 0 radical (unpaired) electrons. The molecule has 18 heavy (non-hydrogen) atoms. The van der Waals surface area contributed by atoms with Crippen molar-refractivity contribution in [2.45, 2.75) is 12.3 Å². The predicted molar refractivity (Wildman–Crippen MR) is 69.7 cm³/mol. The number of hydrogen-bond acceptors (Lipinski definition) is 2. The zero-order chi connectivity index (χ0) is 12.5. The van der Waals surface area contributed by atoms with E-state index in [1.165, 1.54) is 16.3 Å². The van der Waals surface area contributed by atoms with Gasteiger partial charge in [-0.3, -0.25) is 4.79 Å². The van der Waals surface area contributed by atoms with Crippen LogP contribution in [0, 0.1) is 0 Å². The van der Waals surface area contributed by atoms with E-state index < -0.39 is 0 Å². The van der Waals surface area contributed by atoms with Crippen LogP contribution < -0.4 is 0 Å². The third kappa shape index (κ3) is 1.87. The van der Waals surface area contributed by atoms with Crippen molar-refractivity contribution in [1.82, 2.24) is 9.78 Å². The monoisotopic (exact) mass is 258 g/mol. The van der Waals surface area contributed by atoms with E-state index in [1.807, 2.05) is 24.3 Å². The molecule has 1 unspecified atom stereocenters. The van der Waals surface area contributed by atoms with Crippen LogP contribution in [-0.4, -0.2) is 15.7 Å². The minimum absolute atomic E-state index is 0.00858. The number of carbonyl (C=O) groups is 1. The van der Waals surface area contributed by atoms with Crippen LogP contribution in [-0.2, 0) is 6.42 Å². The summed E-state index contributed by atoms with van der Waals surface area (Å²) in [6.45, 7) is 0. The van der Waals surface area contributed by atoms with Crippen molar-refractivity contribution in [3.05, 3.63) is 65.0 Å². The van der Waals surface area contributed by atoms with Gasteiger partial charge >= 0.3 is 0 Å². The lowest BCUT2D eigenvalue weighted by Crippen LogP contribution is -2.22. The summed E-state index contributed by atoms with van der Waals surface area (Å²) in [7, 11) is 0. The maximum atomic E-state index is 11.7. The van der Waals surface area contributed by atoms with Crippen LogP contribution in [0.2, 0.25) is 0 Å². The Balaban J connectivity index is 1.97. The molecule has 90 valence electrons. The minimum Gasteiger partial charge on any atom is -0.267 e. The third-order valence-corrected chi connectivity index (χ3v) is 3.49. The fraction of sp³-hybridized carbons (Fsp3) is 0.143. The van der Waals surface area contributed by atoms with E-state index >= 15 is 0 Å². The Kier molecular flexibility index (Phi) is 2.76. The van der Waals surface area contributed by atoms with E-state index in [9.17, 15) is 4.79 Å². The van der Waals surface area contributed by atoms with Gasteiger partial charge in [-0.05, 0) is 18.1 Å². The number of benzene rings is 1. The number of nitrogens with zero attached hydrogens (tertiary/aromatic N) is 2. The van der Waals surface area contributed by atoms with Crippen molar-refractivity contribution in [2.75, 3.05) is 0 Å². The average molecular weight is 259 g/mol. The summed E-state index contributed by atoms with van der Waals surface area (Å²) in [5, 5.41) is 4.61. The molecule has 0 saturated heterocycles. The van der Waals surface area contributed by atoms with Crippen molar-refractivity contribution in [1.29, 1.82) is 0 Å². The zero-order valence-electron chi connectivity index (χ0n) is 9.58. The van der Waals surface area contributed by atoms with Gasteiger partial charge in [0.2, 0.25) is 0 Å². The Morgan fingerprint density at radius 2 is 2.00 bits per heavy atom. The summed E-state index contributed by atoms with van der Waals surface area (Å²) < 4.78 is 1.42. The van der Waals surface area contributed by atoms with Crippen molar-refractivity contribution < 1.29 is 4.79 Å². The second kappa shape index (κ2) is 4.42. The van der Waals surface area contributed by atoms with Crippen LogP contribution in [0.15, 0.2) is 53.7 Å². The highest BCUT2D eigenvalue weighted by atomic mass is 35.5. The van der Waals surface area contributed by atoms with E-state index in [-0.39, 0.29) is 11.8 Å². The highest BCUT2D eigenvalue weighted by molar-refractivity contribution is 6.32. The summed E-state index contributed by atoms with van der Waals surface area (Å²) in [6, 6.07) is 11.9. The summed E-state index contributed by atoms with van der Waals surface area (Å²) in [6.07, 6.45) is 3.86. The first-order chi connectivity index (χ1) is 8.75. The summed E-state index contributed by atoms with van der Waals surface area (Å²) in [5.74, 6) is -0.168. The second-order valence-corrected chi connectivity index (χ2v) is 4.71. The lowest BCUT2D eigenvalue weighted by atomic mass is 9.93. The number of rotatable bonds is 2. The molecule has 0 saturated carbocycles. The van der Waals surface area contributed by atoms with Gasteiger partial charge in [0.25, 0.3) is 5.91 Å². The maximum Gasteiger partial charge on any atom is 0.272 e. The smallest absolute Gasteiger partial charge is 0.267 e. The first-order valence-electron chi connectivity index (χ1n) is 5.75. The normalized spacial score (nSPS) is 18.4. The molecule has 4 heteroatoms. The van der Waals surface area contributed by atoms with Crippen LogP contribution in [0.3, 0.4) is 0 Å². The highest BCUT2D eigenvalue weighted by Gasteiger charge is 2.27. The molecule has 0 fully saturated rings. The number of fused-ring (bicyclic) bond motifs is 1. The van der Waals surface area contributed by atoms with Crippen LogP contribution in [0.5, 0.6) is 0 Å². The number of allylic oxidation sites excluding steroid dienone is 2. The molecule has 2 heterocycles. The fourth-order valence-corrected chi connectivity index (χ4v) is 2.52. The van der Waals surface area contributed by atoms with Gasteiger partial charge in [-0.1, -0.05) is 41.9 Å². The van der Waals surface area contributed by atoms with Crippen molar-refractivity contribution in [3.63, 3.8) is 0 Å². The Morgan fingerprint density at radius 1 is 1.22 bits per heavy atom. The third-order valence-electron chi connectivity index (χ3n) is 3.11. The molecule has 0 bridgehead atoms. The molecule has 3 nitrogen and oxygen atoms in total. The maximum absolute atomic E-state index is 11.7. The summed E-state index contributed by atoms with van der Waals surface area (Å²) in [5.41, 5.74) is 2.05. The van der Waals surface area contributed by atoms with Crippen LogP contribution in [0.1, 0.15) is 22.0 Å². The van der Waals surface area contributed by atoms with E-state index in [0.29, 0.717) is 5.03 Å². The van der Waals surface area contributed by atoms with Crippen LogP contribution in [0.25, 0.3) is 0 Å². The number of hydrogen-bond donors (Lipinski definition) is 0. The van der Waals surface area contributed by atoms with Gasteiger partial charge in [0.15, 0.2) is 0 Å². The Morgan fingerprint density at radius 3 is 2.78 bits per heavy atom. The van der Waals surface area contributed by atoms with E-state index in [2.05, 4.69) is 17.2 Å². The molecule has 1 aromatic carbocycles. The number of carbonyl (C=O) groups excluding carboxylic acids is 1. The first-order valence-corrected chi connectivity index (χ1v) is 6.13. The van der Waals surface area contributed by atoms with Gasteiger partial charge in [-0.2, -0.15) is 5.10 Å². The molecule has 3 rings (SSSR count). The molecule has 1 atom stereocenters. The van der Waals surface area contributed by atoms with E-state index in [1.54, 1.807) is 6.20 Å². The molecule has 1 aliphatic heterocycles. The summed E-state index contributed by atoms with van der Waals surface area (Å²) >= 11 is 6.21. The molecule has 1 aliphatic rings. The second-order valence-electron chi connectivity index (χ2n) is 4.28. The van der Waals surface area contributed by atoms with E-state index in [4.69, 9.17) is 11.6 Å². The fourth-order valence-electron chi connectivity index (χ4n) is 2.23. The highest BCUT2D eigenvalue weighted by Crippen LogP contribution is 2.33. The van der Waals surface area contributed by atoms with Gasteiger partial charge in [0, 0.05) is 23.2 Å². The van der Waals surface area contributed by atoms with Gasteiger partial charge in [-0.15, -0.1) is 0 Å². The van der Waals surface area contributed by atoms with Crippen LogP contribution >= 0.6 is 11.6 Å². The van der Waals surface area contributed by atoms with E-state index in [0.717, 1.165) is 12.1 Å². The summed E-state index contributed by atoms with van der Waals surface area (Å²) in [4.78, 5) is 11.7. The zero-order valence-corrected chi connectivity index (χ0v) is 10.3. The number of aromatic nitrogens is 2. The Bertz CT molecular complexity index is 616. The average Bonchev–Trinajstić information content (AvgIpc) is 2.85. The molecule has 1 aromatic heterocycles. The van der Waals surface area contributed by atoms with Gasteiger partial charge in [0.1, 0.15) is 0 Å². The largest absolute Gasteiger partial charge is 0.272 e. The number of halogens is 1. The van der Waals surface area contributed by atoms with Crippen molar-refractivity contribution in [3.8, 4) is 0 Å². The molecule has 2 aromatic rings. The predicted octanol–water partition coefficient (Wildman–Crippen LogP) is 2.99. The molecule has 0 aliphatic carbocycles. The van der Waals surface area contributed by atoms with Crippen LogP contribution in [0.4, 0.5) is 0 Å². The molecular formula is C14H11ClN2O. The van der Waals surface area contributed by atoms with Gasteiger partial charge in [0.05, 0.1) is 5.69 Å². The SMILES string of the molecule is O=C1C=C(Cl)C(Cc2ccccc2)c2ccnn21. The minimum atomic E-state index is -0.177. The lowest BCUT2D eigenvalue weighted by molar-refractivity contribution is 0.0944. The molecule has 0 N–H and O–H groups in total.